The molecule has 172 valence electrons. The molecule has 0 bridgehead atoms. The lowest BCUT2D eigenvalue weighted by atomic mass is 10.0. The summed E-state index contributed by atoms with van der Waals surface area (Å²) in [7, 11) is 0. The van der Waals surface area contributed by atoms with Crippen LogP contribution in [0.5, 0.6) is 11.5 Å². The van der Waals surface area contributed by atoms with Crippen molar-refractivity contribution < 1.29 is 19.1 Å². The van der Waals surface area contributed by atoms with E-state index in [1.807, 2.05) is 24.3 Å². The van der Waals surface area contributed by atoms with Crippen molar-refractivity contribution in [3.05, 3.63) is 59.7 Å². The number of hydrazine groups is 1. The zero-order chi connectivity index (χ0) is 23.3. The number of nitrogens with one attached hydrogen (secondary N) is 3. The third kappa shape index (κ3) is 8.93. The topological polar surface area (TPSA) is 88.7 Å². The third-order valence-electron chi connectivity index (χ3n) is 4.59. The first kappa shape index (κ1) is 25.1. The van der Waals surface area contributed by atoms with Gasteiger partial charge in [-0.15, -0.1) is 0 Å². The molecular formula is C24H31N3O4S. The standard InChI is InChI=1S/C24H31N3O4S/c1-4-5-6-15-30-20-13-9-19(10-14-20)23(29)25-24(32)27-26-22(28)16-31-21-11-7-18(8-12-21)17(2)3/h7-14,17H,4-6,15-16H2,1-3H3,(H,26,28)(H2,25,27,29,32). The lowest BCUT2D eigenvalue weighted by Crippen LogP contribution is -2.49. The number of hydrogen-bond acceptors (Lipinski definition) is 5. The predicted octanol–water partition coefficient (Wildman–Crippen LogP) is 4.09. The van der Waals surface area contributed by atoms with Gasteiger partial charge < -0.3 is 9.47 Å². The monoisotopic (exact) mass is 457 g/mol. The molecule has 32 heavy (non-hydrogen) atoms. The van der Waals surface area contributed by atoms with Gasteiger partial charge in [-0.1, -0.05) is 45.7 Å². The summed E-state index contributed by atoms with van der Waals surface area (Å²) >= 11 is 5.05. The van der Waals surface area contributed by atoms with Gasteiger partial charge in [0, 0.05) is 5.56 Å². The summed E-state index contributed by atoms with van der Waals surface area (Å²) in [6, 6.07) is 14.4. The molecule has 0 fully saturated rings. The molecule has 0 aliphatic rings. The van der Waals surface area contributed by atoms with Gasteiger partial charge in [-0.25, -0.2) is 0 Å². The maximum Gasteiger partial charge on any atom is 0.276 e. The minimum Gasteiger partial charge on any atom is -0.494 e. The molecule has 0 unspecified atom stereocenters. The van der Waals surface area contributed by atoms with Gasteiger partial charge in [-0.05, 0) is 66.5 Å². The molecule has 0 radical (unpaired) electrons. The second-order valence-electron chi connectivity index (χ2n) is 7.55. The Morgan fingerprint density at radius 3 is 2.16 bits per heavy atom. The van der Waals surface area contributed by atoms with Gasteiger partial charge in [0.05, 0.1) is 6.61 Å². The average molecular weight is 458 g/mol. The van der Waals surface area contributed by atoms with Crippen molar-refractivity contribution >= 4 is 29.1 Å². The summed E-state index contributed by atoms with van der Waals surface area (Å²) in [6.45, 7) is 6.81. The summed E-state index contributed by atoms with van der Waals surface area (Å²) in [4.78, 5) is 24.2. The Morgan fingerprint density at radius 1 is 0.906 bits per heavy atom. The minimum atomic E-state index is -0.431. The number of carbonyl (C=O) groups is 2. The van der Waals surface area contributed by atoms with Crippen LogP contribution in [-0.2, 0) is 4.79 Å². The maximum atomic E-state index is 12.3. The molecule has 2 aromatic carbocycles. The van der Waals surface area contributed by atoms with Crippen LogP contribution in [0.2, 0.25) is 0 Å². The first-order valence-corrected chi connectivity index (χ1v) is 11.2. The van der Waals surface area contributed by atoms with Crippen molar-refractivity contribution in [2.75, 3.05) is 13.2 Å². The van der Waals surface area contributed by atoms with Crippen LogP contribution in [0.3, 0.4) is 0 Å². The number of unbranched alkanes of at least 4 members (excludes halogenated alkanes) is 2. The Labute approximate surface area is 194 Å². The second kappa shape index (κ2) is 13.3. The average Bonchev–Trinajstić information content (AvgIpc) is 2.79. The summed E-state index contributed by atoms with van der Waals surface area (Å²) < 4.78 is 11.1. The highest BCUT2D eigenvalue weighted by Gasteiger charge is 2.09. The fourth-order valence-corrected chi connectivity index (χ4v) is 2.86. The Balaban J connectivity index is 1.69. The molecule has 0 atom stereocenters. The lowest BCUT2D eigenvalue weighted by Gasteiger charge is -2.12. The van der Waals surface area contributed by atoms with Gasteiger partial charge in [0.2, 0.25) is 0 Å². The van der Waals surface area contributed by atoms with Crippen molar-refractivity contribution in [1.82, 2.24) is 16.2 Å². The molecular weight excluding hydrogens is 426 g/mol. The zero-order valence-corrected chi connectivity index (χ0v) is 19.6. The Kier molecular flexibility index (Phi) is 10.5. The van der Waals surface area contributed by atoms with Crippen LogP contribution in [0.15, 0.2) is 48.5 Å². The number of benzene rings is 2. The van der Waals surface area contributed by atoms with E-state index < -0.39 is 11.8 Å². The largest absolute Gasteiger partial charge is 0.494 e. The molecule has 8 heteroatoms. The van der Waals surface area contributed by atoms with E-state index in [2.05, 4.69) is 36.9 Å². The van der Waals surface area contributed by atoms with E-state index in [1.54, 1.807) is 24.3 Å². The maximum absolute atomic E-state index is 12.3. The van der Waals surface area contributed by atoms with E-state index in [9.17, 15) is 9.59 Å². The summed E-state index contributed by atoms with van der Waals surface area (Å²) in [6.07, 6.45) is 3.26. The van der Waals surface area contributed by atoms with Crippen LogP contribution in [0.1, 0.15) is 61.9 Å². The first-order valence-electron chi connectivity index (χ1n) is 10.7. The van der Waals surface area contributed by atoms with Crippen molar-refractivity contribution in [2.24, 2.45) is 0 Å². The fourth-order valence-electron chi connectivity index (χ4n) is 2.71. The van der Waals surface area contributed by atoms with Gasteiger partial charge in [-0.2, -0.15) is 0 Å². The van der Waals surface area contributed by atoms with Gasteiger partial charge in [0.1, 0.15) is 11.5 Å². The van der Waals surface area contributed by atoms with E-state index in [1.165, 1.54) is 5.56 Å². The molecule has 7 nitrogen and oxygen atoms in total. The predicted molar refractivity (Wildman–Crippen MR) is 129 cm³/mol. The minimum absolute atomic E-state index is 0.0236. The number of carbonyl (C=O) groups excluding carboxylic acids is 2. The molecule has 0 saturated carbocycles. The Bertz CT molecular complexity index is 883. The van der Waals surface area contributed by atoms with E-state index >= 15 is 0 Å². The number of rotatable bonds is 10. The van der Waals surface area contributed by atoms with Crippen LogP contribution in [0, 0.1) is 0 Å². The molecule has 0 aromatic heterocycles. The molecule has 2 amide bonds. The van der Waals surface area contributed by atoms with Crippen molar-refractivity contribution in [3.63, 3.8) is 0 Å². The van der Waals surface area contributed by atoms with Gasteiger partial charge in [0.15, 0.2) is 11.7 Å². The second-order valence-corrected chi connectivity index (χ2v) is 7.96. The Hall–Kier alpha value is -3.13. The molecule has 0 aliphatic carbocycles. The summed E-state index contributed by atoms with van der Waals surface area (Å²) in [5.74, 6) is 0.909. The van der Waals surface area contributed by atoms with Crippen molar-refractivity contribution in [2.45, 2.75) is 46.0 Å². The van der Waals surface area contributed by atoms with E-state index in [-0.39, 0.29) is 11.7 Å². The van der Waals surface area contributed by atoms with Crippen LogP contribution in [0.25, 0.3) is 0 Å². The molecule has 0 heterocycles. The van der Waals surface area contributed by atoms with Crippen molar-refractivity contribution in [1.29, 1.82) is 0 Å². The molecule has 2 rings (SSSR count). The van der Waals surface area contributed by atoms with Crippen LogP contribution in [-0.4, -0.2) is 30.1 Å². The molecule has 0 spiro atoms. The number of ether oxygens (including phenoxy) is 2. The number of amides is 2. The van der Waals surface area contributed by atoms with Crippen LogP contribution >= 0.6 is 12.2 Å². The van der Waals surface area contributed by atoms with E-state index in [0.29, 0.717) is 29.6 Å². The normalized spacial score (nSPS) is 10.4. The van der Waals surface area contributed by atoms with Crippen LogP contribution < -0.4 is 25.6 Å². The highest BCUT2D eigenvalue weighted by Crippen LogP contribution is 2.18. The molecule has 0 aliphatic heterocycles. The van der Waals surface area contributed by atoms with Gasteiger partial charge in [-0.3, -0.25) is 25.8 Å². The highest BCUT2D eigenvalue weighted by molar-refractivity contribution is 7.80. The quantitative estimate of drug-likeness (QED) is 0.283. The zero-order valence-electron chi connectivity index (χ0n) is 18.8. The smallest absolute Gasteiger partial charge is 0.276 e. The van der Waals surface area contributed by atoms with Gasteiger partial charge >= 0.3 is 0 Å². The first-order chi connectivity index (χ1) is 15.4. The van der Waals surface area contributed by atoms with E-state index in [4.69, 9.17) is 21.7 Å². The molecule has 0 saturated heterocycles. The molecule has 2 aromatic rings. The van der Waals surface area contributed by atoms with E-state index in [0.717, 1.165) is 19.3 Å². The Morgan fingerprint density at radius 2 is 1.53 bits per heavy atom. The number of hydrogen-bond donors (Lipinski definition) is 3. The summed E-state index contributed by atoms with van der Waals surface area (Å²) in [5.41, 5.74) is 6.50. The highest BCUT2D eigenvalue weighted by atomic mass is 32.1. The molecule has 3 N–H and O–H groups in total. The van der Waals surface area contributed by atoms with Gasteiger partial charge in [0.25, 0.3) is 11.8 Å². The van der Waals surface area contributed by atoms with Crippen LogP contribution in [0.4, 0.5) is 0 Å². The third-order valence-corrected chi connectivity index (χ3v) is 4.80. The summed E-state index contributed by atoms with van der Waals surface area (Å²) in [5, 5.41) is 2.48. The number of thiocarbonyl (C=S) groups is 1. The fraction of sp³-hybridized carbons (Fsp3) is 0.375. The SMILES string of the molecule is CCCCCOc1ccc(C(=O)NC(=S)NNC(=O)COc2ccc(C(C)C)cc2)cc1. The van der Waals surface area contributed by atoms with Crippen molar-refractivity contribution in [3.8, 4) is 11.5 Å². The lowest BCUT2D eigenvalue weighted by molar-refractivity contribution is -0.123.